The van der Waals surface area contributed by atoms with Gasteiger partial charge < -0.3 is 24.5 Å². The maximum Gasteiger partial charge on any atom is 0.336 e. The predicted octanol–water partition coefficient (Wildman–Crippen LogP) is 3.04. The molecule has 0 saturated carbocycles. The topological polar surface area (TPSA) is 73.3 Å². The number of hydrogen-bond acceptors (Lipinski definition) is 6. The van der Waals surface area contributed by atoms with Crippen LogP contribution in [-0.2, 0) is 14.3 Å². The number of halogens is 1. The third-order valence-electron chi connectivity index (χ3n) is 5.45. The number of methoxy groups -OCH3 is 1. The van der Waals surface area contributed by atoms with Gasteiger partial charge in [0.05, 0.1) is 24.2 Å². The lowest BCUT2D eigenvalue weighted by atomic mass is 9.78. The number of aliphatic carboxylic acids is 1. The number of carboxylic acid groups (broad SMARTS) is 1. The van der Waals surface area contributed by atoms with Gasteiger partial charge in [0, 0.05) is 49.4 Å². The van der Waals surface area contributed by atoms with Crippen LogP contribution in [0.15, 0.2) is 46.8 Å². The standard InChI is InChI=1S/C23H32ClN3O4/c1-25(2)13-11-17-20(22(28)29)19(15-9-7-8-10-16(15)24)21(23(30)31-6)18(27(17)5)12-14-26(3)4/h7-10,19H,11-14H2,1-6H3,(H,28,29). The molecule has 31 heavy (non-hydrogen) atoms. The molecule has 7 nitrogen and oxygen atoms in total. The largest absolute Gasteiger partial charge is 0.478 e. The summed E-state index contributed by atoms with van der Waals surface area (Å²) in [5.74, 6) is -2.43. The van der Waals surface area contributed by atoms with E-state index in [-0.39, 0.29) is 5.57 Å². The molecule has 1 N–H and O–H groups in total. The predicted molar refractivity (Wildman–Crippen MR) is 122 cm³/mol. The lowest BCUT2D eigenvalue weighted by Crippen LogP contribution is -2.36. The molecule has 0 aliphatic carbocycles. The van der Waals surface area contributed by atoms with Crippen LogP contribution >= 0.6 is 11.6 Å². The van der Waals surface area contributed by atoms with Crippen molar-refractivity contribution in [2.24, 2.45) is 0 Å². The quantitative estimate of drug-likeness (QED) is 0.581. The van der Waals surface area contributed by atoms with Gasteiger partial charge in [0.1, 0.15) is 0 Å². The van der Waals surface area contributed by atoms with Gasteiger partial charge in [-0.05, 0) is 39.8 Å². The van der Waals surface area contributed by atoms with Crippen molar-refractivity contribution in [2.75, 3.05) is 55.4 Å². The van der Waals surface area contributed by atoms with Crippen molar-refractivity contribution in [1.29, 1.82) is 0 Å². The van der Waals surface area contributed by atoms with E-state index in [4.69, 9.17) is 16.3 Å². The molecule has 0 amide bonds. The second-order valence-corrected chi connectivity index (χ2v) is 8.54. The number of benzene rings is 1. The van der Waals surface area contributed by atoms with Crippen molar-refractivity contribution in [3.8, 4) is 0 Å². The summed E-state index contributed by atoms with van der Waals surface area (Å²) in [6.45, 7) is 1.36. The minimum atomic E-state index is -1.07. The highest BCUT2D eigenvalue weighted by Gasteiger charge is 2.41. The number of nitrogens with zero attached hydrogens (tertiary/aromatic N) is 3. The van der Waals surface area contributed by atoms with Crippen LogP contribution in [0.5, 0.6) is 0 Å². The first kappa shape index (κ1) is 24.9. The summed E-state index contributed by atoms with van der Waals surface area (Å²) in [6.07, 6.45) is 1.08. The highest BCUT2D eigenvalue weighted by atomic mass is 35.5. The maximum atomic E-state index is 13.0. The Morgan fingerprint density at radius 3 is 2.00 bits per heavy atom. The fourth-order valence-corrected chi connectivity index (χ4v) is 4.12. The number of hydrogen-bond donors (Lipinski definition) is 1. The maximum absolute atomic E-state index is 13.0. The summed E-state index contributed by atoms with van der Waals surface area (Å²) in [7, 11) is 10.9. The summed E-state index contributed by atoms with van der Waals surface area (Å²) in [5, 5.41) is 10.7. The Bertz CT molecular complexity index is 893. The van der Waals surface area contributed by atoms with E-state index in [0.717, 1.165) is 5.70 Å². The van der Waals surface area contributed by atoms with E-state index in [1.165, 1.54) is 7.11 Å². The number of rotatable bonds is 9. The van der Waals surface area contributed by atoms with Crippen LogP contribution in [0.3, 0.4) is 0 Å². The molecule has 0 aromatic heterocycles. The molecule has 1 heterocycles. The highest BCUT2D eigenvalue weighted by Crippen LogP contribution is 2.45. The third-order valence-corrected chi connectivity index (χ3v) is 5.80. The summed E-state index contributed by atoms with van der Waals surface area (Å²) in [6, 6.07) is 7.07. The summed E-state index contributed by atoms with van der Waals surface area (Å²) < 4.78 is 5.12. The molecule has 1 atom stereocenters. The second-order valence-electron chi connectivity index (χ2n) is 8.14. The van der Waals surface area contributed by atoms with Crippen molar-refractivity contribution in [1.82, 2.24) is 14.7 Å². The molecule has 1 aromatic carbocycles. The average molecular weight is 450 g/mol. The third kappa shape index (κ3) is 5.67. The molecule has 0 fully saturated rings. The fraction of sp³-hybridized carbons (Fsp3) is 0.478. The van der Waals surface area contributed by atoms with Gasteiger partial charge in [0.25, 0.3) is 0 Å². The minimum Gasteiger partial charge on any atom is -0.478 e. The van der Waals surface area contributed by atoms with E-state index < -0.39 is 17.9 Å². The van der Waals surface area contributed by atoms with Gasteiger partial charge in [-0.25, -0.2) is 9.59 Å². The fourth-order valence-electron chi connectivity index (χ4n) is 3.88. The van der Waals surface area contributed by atoms with E-state index in [1.54, 1.807) is 24.3 Å². The normalized spacial score (nSPS) is 17.1. The smallest absolute Gasteiger partial charge is 0.336 e. The molecule has 0 saturated heterocycles. The minimum absolute atomic E-state index is 0.159. The number of carbonyl (C=O) groups excluding carboxylic acids is 1. The molecule has 1 aliphatic rings. The molecular weight excluding hydrogens is 418 g/mol. The Balaban J connectivity index is 2.82. The van der Waals surface area contributed by atoms with E-state index in [1.807, 2.05) is 49.9 Å². The van der Waals surface area contributed by atoms with E-state index in [2.05, 4.69) is 0 Å². The first-order chi connectivity index (χ1) is 14.6. The van der Waals surface area contributed by atoms with Crippen molar-refractivity contribution in [3.63, 3.8) is 0 Å². The zero-order valence-electron chi connectivity index (χ0n) is 19.1. The first-order valence-corrected chi connectivity index (χ1v) is 10.5. The molecule has 2 rings (SSSR count). The van der Waals surface area contributed by atoms with E-state index in [0.29, 0.717) is 47.8 Å². The van der Waals surface area contributed by atoms with Crippen LogP contribution in [0.2, 0.25) is 5.02 Å². The Morgan fingerprint density at radius 1 is 1.03 bits per heavy atom. The number of ether oxygens (including phenoxy) is 1. The molecule has 0 bridgehead atoms. The number of carbonyl (C=O) groups is 2. The van der Waals surface area contributed by atoms with Crippen molar-refractivity contribution >= 4 is 23.5 Å². The molecule has 1 aromatic rings. The van der Waals surface area contributed by atoms with Crippen LogP contribution in [0.4, 0.5) is 0 Å². The van der Waals surface area contributed by atoms with Crippen molar-refractivity contribution in [2.45, 2.75) is 18.8 Å². The lowest BCUT2D eigenvalue weighted by molar-refractivity contribution is -0.136. The van der Waals surface area contributed by atoms with E-state index in [9.17, 15) is 14.7 Å². The lowest BCUT2D eigenvalue weighted by Gasteiger charge is -2.38. The van der Waals surface area contributed by atoms with Gasteiger partial charge in [-0.3, -0.25) is 0 Å². The van der Waals surface area contributed by atoms with Crippen LogP contribution in [0, 0.1) is 0 Å². The molecule has 8 heteroatoms. The monoisotopic (exact) mass is 449 g/mol. The van der Waals surface area contributed by atoms with Crippen LogP contribution in [0.1, 0.15) is 24.3 Å². The Hall–Kier alpha value is -2.35. The Morgan fingerprint density at radius 2 is 1.55 bits per heavy atom. The zero-order chi connectivity index (χ0) is 23.3. The molecule has 1 unspecified atom stereocenters. The summed E-state index contributed by atoms with van der Waals surface area (Å²) >= 11 is 6.51. The van der Waals surface area contributed by atoms with E-state index >= 15 is 0 Å². The summed E-state index contributed by atoms with van der Waals surface area (Å²) in [5.41, 5.74) is 2.49. The van der Waals surface area contributed by atoms with Gasteiger partial charge in [-0.1, -0.05) is 29.8 Å². The molecule has 0 radical (unpaired) electrons. The zero-order valence-corrected chi connectivity index (χ0v) is 19.9. The first-order valence-electron chi connectivity index (χ1n) is 10.1. The van der Waals surface area contributed by atoms with Crippen LogP contribution in [0.25, 0.3) is 0 Å². The Kier molecular flexibility index (Phi) is 8.68. The van der Waals surface area contributed by atoms with Gasteiger partial charge >= 0.3 is 11.9 Å². The molecule has 170 valence electrons. The van der Waals surface area contributed by atoms with Crippen molar-refractivity contribution in [3.05, 3.63) is 57.4 Å². The average Bonchev–Trinajstić information content (AvgIpc) is 2.70. The second kappa shape index (κ2) is 10.8. The van der Waals surface area contributed by atoms with Gasteiger partial charge in [-0.2, -0.15) is 0 Å². The van der Waals surface area contributed by atoms with Gasteiger partial charge in [-0.15, -0.1) is 0 Å². The number of esters is 1. The van der Waals surface area contributed by atoms with Crippen molar-refractivity contribution < 1.29 is 19.4 Å². The molecule has 0 spiro atoms. The van der Waals surface area contributed by atoms with Gasteiger partial charge in [0.15, 0.2) is 0 Å². The SMILES string of the molecule is COC(=O)C1=C(CCN(C)C)N(C)C(CCN(C)C)=C(C(=O)O)C1c1ccccc1Cl. The molecule has 1 aliphatic heterocycles. The van der Waals surface area contributed by atoms with Crippen LogP contribution in [-0.4, -0.2) is 87.2 Å². The van der Waals surface area contributed by atoms with Crippen LogP contribution < -0.4 is 0 Å². The molecular formula is C23H32ClN3O4. The van der Waals surface area contributed by atoms with Gasteiger partial charge in [0.2, 0.25) is 0 Å². The number of carboxylic acids is 1. The highest BCUT2D eigenvalue weighted by molar-refractivity contribution is 6.31. The Labute approximate surface area is 189 Å². The summed E-state index contributed by atoms with van der Waals surface area (Å²) in [4.78, 5) is 31.5.